The van der Waals surface area contributed by atoms with Gasteiger partial charge in [-0.15, -0.1) is 0 Å². The molecular formula is C15H14N2O3. The van der Waals surface area contributed by atoms with Crippen LogP contribution in [0.2, 0.25) is 0 Å². The Kier molecular flexibility index (Phi) is 3.02. The number of carbonyl (C=O) groups is 1. The summed E-state index contributed by atoms with van der Waals surface area (Å²) in [7, 11) is 0. The third-order valence-electron chi connectivity index (χ3n) is 3.53. The second-order valence-corrected chi connectivity index (χ2v) is 4.66. The van der Waals surface area contributed by atoms with Crippen LogP contribution in [0, 0.1) is 6.92 Å². The third kappa shape index (κ3) is 1.87. The largest absolute Gasteiger partial charge is 0.469 e. The van der Waals surface area contributed by atoms with E-state index in [4.69, 9.17) is 9.62 Å². The van der Waals surface area contributed by atoms with Crippen molar-refractivity contribution in [1.82, 2.24) is 0 Å². The van der Waals surface area contributed by atoms with Gasteiger partial charge < -0.3 is 14.5 Å². The molecule has 0 fully saturated rings. The number of amides is 1. The van der Waals surface area contributed by atoms with Crippen molar-refractivity contribution < 1.29 is 14.4 Å². The van der Waals surface area contributed by atoms with Gasteiger partial charge in [0.2, 0.25) is 0 Å². The highest BCUT2D eigenvalue weighted by atomic mass is 16.4. The Balaban J connectivity index is 2.04. The maximum Gasteiger partial charge on any atom is 0.261 e. The van der Waals surface area contributed by atoms with E-state index >= 15 is 0 Å². The summed E-state index contributed by atoms with van der Waals surface area (Å²) in [5.41, 5.74) is 2.71. The van der Waals surface area contributed by atoms with Gasteiger partial charge >= 0.3 is 0 Å². The van der Waals surface area contributed by atoms with E-state index in [2.05, 4.69) is 5.16 Å². The molecule has 1 N–H and O–H groups in total. The van der Waals surface area contributed by atoms with E-state index in [0.29, 0.717) is 30.0 Å². The topological polar surface area (TPSA) is 66.0 Å². The Morgan fingerprint density at radius 1 is 1.35 bits per heavy atom. The molecular weight excluding hydrogens is 256 g/mol. The lowest BCUT2D eigenvalue weighted by atomic mass is 9.99. The molecule has 1 amide bonds. The van der Waals surface area contributed by atoms with E-state index in [1.54, 1.807) is 17.9 Å². The van der Waals surface area contributed by atoms with Gasteiger partial charge in [-0.3, -0.25) is 4.79 Å². The lowest BCUT2D eigenvalue weighted by Gasteiger charge is -2.29. The number of aryl methyl sites for hydroxylation is 1. The Hall–Kier alpha value is -2.56. The molecule has 3 rings (SSSR count). The molecule has 0 saturated carbocycles. The molecule has 1 aromatic carbocycles. The van der Waals surface area contributed by atoms with Gasteiger partial charge in [0.1, 0.15) is 5.76 Å². The Labute approximate surface area is 116 Å². The second-order valence-electron chi connectivity index (χ2n) is 4.66. The predicted molar refractivity (Wildman–Crippen MR) is 74.5 cm³/mol. The maximum atomic E-state index is 12.6. The van der Waals surface area contributed by atoms with Crippen LogP contribution in [-0.2, 0) is 0 Å². The molecule has 0 bridgehead atoms. The first-order chi connectivity index (χ1) is 9.72. The van der Waals surface area contributed by atoms with Crippen LogP contribution < -0.4 is 4.90 Å². The van der Waals surface area contributed by atoms with Crippen molar-refractivity contribution in [3.63, 3.8) is 0 Å². The number of furan rings is 1. The van der Waals surface area contributed by atoms with Gasteiger partial charge in [0.15, 0.2) is 0 Å². The molecule has 0 spiro atoms. The van der Waals surface area contributed by atoms with E-state index in [0.717, 1.165) is 11.3 Å². The molecule has 1 aliphatic rings. The number of hydrogen-bond donors (Lipinski definition) is 1. The van der Waals surface area contributed by atoms with Crippen LogP contribution in [0.5, 0.6) is 0 Å². The zero-order chi connectivity index (χ0) is 14.1. The minimum Gasteiger partial charge on any atom is -0.469 e. The van der Waals surface area contributed by atoms with Crippen molar-refractivity contribution in [1.29, 1.82) is 0 Å². The summed E-state index contributed by atoms with van der Waals surface area (Å²) in [5, 5.41) is 12.4. The zero-order valence-electron chi connectivity index (χ0n) is 11.0. The van der Waals surface area contributed by atoms with Crippen molar-refractivity contribution in [3.05, 3.63) is 53.5 Å². The number of para-hydroxylation sites is 1. The van der Waals surface area contributed by atoms with Crippen molar-refractivity contribution in [2.45, 2.75) is 13.3 Å². The molecule has 0 atom stereocenters. The molecule has 102 valence electrons. The molecule has 20 heavy (non-hydrogen) atoms. The average Bonchev–Trinajstić information content (AvgIpc) is 2.91. The lowest BCUT2D eigenvalue weighted by Crippen LogP contribution is -2.37. The van der Waals surface area contributed by atoms with Gasteiger partial charge in [0.25, 0.3) is 5.91 Å². The highest BCUT2D eigenvalue weighted by molar-refractivity contribution is 6.14. The average molecular weight is 270 g/mol. The molecule has 0 aliphatic carbocycles. The summed E-state index contributed by atoms with van der Waals surface area (Å²) in [6.45, 7) is 2.25. The number of hydrogen-bond acceptors (Lipinski definition) is 4. The van der Waals surface area contributed by atoms with Crippen LogP contribution in [-0.4, -0.2) is 23.4 Å². The van der Waals surface area contributed by atoms with Crippen molar-refractivity contribution >= 4 is 17.3 Å². The van der Waals surface area contributed by atoms with Gasteiger partial charge in [0, 0.05) is 18.5 Å². The zero-order valence-corrected chi connectivity index (χ0v) is 11.0. The Morgan fingerprint density at radius 3 is 2.85 bits per heavy atom. The van der Waals surface area contributed by atoms with Crippen LogP contribution in [0.4, 0.5) is 5.69 Å². The summed E-state index contributed by atoms with van der Waals surface area (Å²) < 4.78 is 5.20. The van der Waals surface area contributed by atoms with Crippen molar-refractivity contribution in [3.8, 4) is 0 Å². The van der Waals surface area contributed by atoms with Gasteiger partial charge in [0.05, 0.1) is 23.2 Å². The summed E-state index contributed by atoms with van der Waals surface area (Å²) in [5.74, 6) is 0.509. The normalized spacial score (nSPS) is 16.2. The minimum absolute atomic E-state index is 0.0966. The standard InChI is InChI=1S/C15H14N2O3/c1-10-11(7-9-20-10)15(18)17-8-6-13(16-19)12-4-2-3-5-14(12)17/h2-5,7,9,19H,6,8H2,1H3. The van der Waals surface area contributed by atoms with Crippen LogP contribution in [0.15, 0.2) is 46.2 Å². The van der Waals surface area contributed by atoms with E-state index in [1.165, 1.54) is 6.26 Å². The van der Waals surface area contributed by atoms with Crippen LogP contribution in [0.3, 0.4) is 0 Å². The molecule has 1 aromatic heterocycles. The smallest absolute Gasteiger partial charge is 0.261 e. The highest BCUT2D eigenvalue weighted by Crippen LogP contribution is 2.29. The first-order valence-corrected chi connectivity index (χ1v) is 6.38. The highest BCUT2D eigenvalue weighted by Gasteiger charge is 2.28. The minimum atomic E-state index is -0.0966. The number of anilines is 1. The number of carbonyl (C=O) groups excluding carboxylic acids is 1. The number of oxime groups is 1. The van der Waals surface area contributed by atoms with Crippen molar-refractivity contribution in [2.75, 3.05) is 11.4 Å². The van der Waals surface area contributed by atoms with Gasteiger partial charge in [-0.25, -0.2) is 0 Å². The molecule has 0 saturated heterocycles. The first-order valence-electron chi connectivity index (χ1n) is 6.38. The van der Waals surface area contributed by atoms with Crippen LogP contribution in [0.1, 0.15) is 28.1 Å². The van der Waals surface area contributed by atoms with E-state index in [9.17, 15) is 4.79 Å². The van der Waals surface area contributed by atoms with Crippen LogP contribution in [0.25, 0.3) is 0 Å². The molecule has 5 nitrogen and oxygen atoms in total. The molecule has 0 unspecified atom stereocenters. The molecule has 0 radical (unpaired) electrons. The summed E-state index contributed by atoms with van der Waals surface area (Å²) >= 11 is 0. The van der Waals surface area contributed by atoms with Gasteiger partial charge in [-0.1, -0.05) is 23.4 Å². The maximum absolute atomic E-state index is 12.6. The summed E-state index contributed by atoms with van der Waals surface area (Å²) in [6.07, 6.45) is 2.04. The number of fused-ring (bicyclic) bond motifs is 1. The lowest BCUT2D eigenvalue weighted by molar-refractivity contribution is 0.0985. The summed E-state index contributed by atoms with van der Waals surface area (Å²) in [6, 6.07) is 9.11. The first kappa shape index (κ1) is 12.5. The summed E-state index contributed by atoms with van der Waals surface area (Å²) in [4.78, 5) is 14.3. The van der Waals surface area contributed by atoms with E-state index in [-0.39, 0.29) is 5.91 Å². The number of nitrogens with zero attached hydrogens (tertiary/aromatic N) is 2. The SMILES string of the molecule is Cc1occc1C(=O)N1CCC(=NO)c2ccccc21. The number of benzene rings is 1. The number of rotatable bonds is 1. The second kappa shape index (κ2) is 4.85. The van der Waals surface area contributed by atoms with E-state index < -0.39 is 0 Å². The van der Waals surface area contributed by atoms with E-state index in [1.807, 2.05) is 24.3 Å². The fraction of sp³-hybridized carbons (Fsp3) is 0.200. The monoisotopic (exact) mass is 270 g/mol. The van der Waals surface area contributed by atoms with Gasteiger partial charge in [-0.2, -0.15) is 0 Å². The van der Waals surface area contributed by atoms with Crippen molar-refractivity contribution in [2.24, 2.45) is 5.16 Å². The molecule has 1 aliphatic heterocycles. The van der Waals surface area contributed by atoms with Crippen LogP contribution >= 0.6 is 0 Å². The fourth-order valence-corrected chi connectivity index (χ4v) is 2.49. The Bertz CT molecular complexity index is 688. The molecule has 2 aromatic rings. The quantitative estimate of drug-likeness (QED) is 0.640. The predicted octanol–water partition coefficient (Wildman–Crippen LogP) is 2.82. The third-order valence-corrected chi connectivity index (χ3v) is 3.53. The Morgan fingerprint density at radius 2 is 2.15 bits per heavy atom. The van der Waals surface area contributed by atoms with Gasteiger partial charge in [-0.05, 0) is 19.1 Å². The molecule has 2 heterocycles. The fourth-order valence-electron chi connectivity index (χ4n) is 2.49. The molecule has 5 heteroatoms.